The molecule has 1 heterocycles. The minimum absolute atomic E-state index is 0.0625. The third-order valence-corrected chi connectivity index (χ3v) is 2.29. The van der Waals surface area contributed by atoms with Crippen LogP contribution in [-0.4, -0.2) is 5.54 Å². The molecule has 0 unspecified atom stereocenters. The highest BCUT2D eigenvalue weighted by molar-refractivity contribution is 5.35. The number of dihydropyridines is 1. The van der Waals surface area contributed by atoms with Gasteiger partial charge in [-0.25, -0.2) is 0 Å². The van der Waals surface area contributed by atoms with Gasteiger partial charge in [0.15, 0.2) is 0 Å². The van der Waals surface area contributed by atoms with E-state index >= 15 is 0 Å². The zero-order chi connectivity index (χ0) is 8.65. The Morgan fingerprint density at radius 3 is 2.36 bits per heavy atom. The second kappa shape index (κ2) is 2.29. The van der Waals surface area contributed by atoms with E-state index in [2.05, 4.69) is 26.1 Å². The second-order valence-electron chi connectivity index (χ2n) is 3.66. The van der Waals surface area contributed by atoms with Gasteiger partial charge < -0.3 is 11.1 Å². The van der Waals surface area contributed by atoms with Gasteiger partial charge in [-0.1, -0.05) is 0 Å². The molecule has 0 spiro atoms. The third-order valence-electron chi connectivity index (χ3n) is 2.29. The van der Waals surface area contributed by atoms with Crippen LogP contribution in [-0.2, 0) is 0 Å². The van der Waals surface area contributed by atoms with Gasteiger partial charge in [0.2, 0.25) is 0 Å². The zero-order valence-corrected chi connectivity index (χ0v) is 7.65. The highest BCUT2D eigenvalue weighted by Gasteiger charge is 2.23. The van der Waals surface area contributed by atoms with Gasteiger partial charge in [-0.05, 0) is 39.3 Å². The molecule has 0 aliphatic carbocycles. The van der Waals surface area contributed by atoms with Crippen molar-refractivity contribution in [3.05, 3.63) is 23.0 Å². The van der Waals surface area contributed by atoms with Crippen molar-refractivity contribution >= 4 is 0 Å². The normalized spacial score (nSPS) is 22.7. The molecular weight excluding hydrogens is 136 g/mol. The molecule has 2 heteroatoms. The summed E-state index contributed by atoms with van der Waals surface area (Å²) < 4.78 is 0. The molecule has 0 aromatic carbocycles. The lowest BCUT2D eigenvalue weighted by molar-refractivity contribution is 0.489. The van der Waals surface area contributed by atoms with Crippen molar-refractivity contribution in [3.8, 4) is 0 Å². The maximum absolute atomic E-state index is 5.73. The van der Waals surface area contributed by atoms with Crippen molar-refractivity contribution in [2.75, 3.05) is 0 Å². The Kier molecular flexibility index (Phi) is 1.70. The van der Waals surface area contributed by atoms with Crippen LogP contribution < -0.4 is 11.1 Å². The summed E-state index contributed by atoms with van der Waals surface area (Å²) in [7, 11) is 0. The van der Waals surface area contributed by atoms with E-state index in [1.54, 1.807) is 0 Å². The van der Waals surface area contributed by atoms with E-state index in [0.717, 1.165) is 11.4 Å². The highest BCUT2D eigenvalue weighted by atomic mass is 15.0. The first kappa shape index (κ1) is 8.18. The Hall–Kier alpha value is -0.920. The van der Waals surface area contributed by atoms with E-state index in [9.17, 15) is 0 Å². The summed E-state index contributed by atoms with van der Waals surface area (Å²) in [5.74, 6) is 0. The predicted molar refractivity (Wildman–Crippen MR) is 47.9 cm³/mol. The summed E-state index contributed by atoms with van der Waals surface area (Å²) in [5, 5.41) is 3.34. The molecule has 0 amide bonds. The number of hydrogen-bond donors (Lipinski definition) is 2. The molecule has 11 heavy (non-hydrogen) atoms. The van der Waals surface area contributed by atoms with Crippen LogP contribution in [0.15, 0.2) is 23.0 Å². The van der Waals surface area contributed by atoms with Crippen LogP contribution in [0.4, 0.5) is 0 Å². The molecule has 0 saturated heterocycles. The zero-order valence-electron chi connectivity index (χ0n) is 7.65. The molecule has 1 rings (SSSR count). The topological polar surface area (TPSA) is 38.0 Å². The predicted octanol–water partition coefficient (Wildman–Crippen LogP) is 1.50. The molecule has 1 aliphatic heterocycles. The molecule has 0 fully saturated rings. The molecule has 0 radical (unpaired) electrons. The van der Waals surface area contributed by atoms with Gasteiger partial charge in [-0.15, -0.1) is 0 Å². The van der Waals surface area contributed by atoms with E-state index in [0.29, 0.717) is 0 Å². The van der Waals surface area contributed by atoms with Gasteiger partial charge in [0.25, 0.3) is 0 Å². The number of rotatable bonds is 0. The van der Waals surface area contributed by atoms with Gasteiger partial charge in [0.05, 0.1) is 11.2 Å². The first-order valence-electron chi connectivity index (χ1n) is 3.87. The highest BCUT2D eigenvalue weighted by Crippen LogP contribution is 2.22. The van der Waals surface area contributed by atoms with Crippen molar-refractivity contribution in [2.24, 2.45) is 5.73 Å². The molecule has 1 aliphatic rings. The van der Waals surface area contributed by atoms with Gasteiger partial charge in [0.1, 0.15) is 0 Å². The Balaban J connectivity index is 3.01. The monoisotopic (exact) mass is 152 g/mol. The quantitative estimate of drug-likeness (QED) is 0.552. The first-order chi connectivity index (χ1) is 4.93. The third kappa shape index (κ3) is 1.39. The average Bonchev–Trinajstić information content (AvgIpc) is 1.83. The van der Waals surface area contributed by atoms with Crippen molar-refractivity contribution < 1.29 is 0 Å². The lowest BCUT2D eigenvalue weighted by Crippen LogP contribution is -2.42. The van der Waals surface area contributed by atoms with E-state index < -0.39 is 0 Å². The smallest absolute Gasteiger partial charge is 0.0527 e. The van der Waals surface area contributed by atoms with Crippen LogP contribution >= 0.6 is 0 Å². The van der Waals surface area contributed by atoms with Crippen molar-refractivity contribution in [1.82, 2.24) is 5.32 Å². The summed E-state index contributed by atoms with van der Waals surface area (Å²) in [5.41, 5.74) is 8.99. The maximum atomic E-state index is 5.73. The fraction of sp³-hybridized carbons (Fsp3) is 0.556. The SMILES string of the molecule is CC1=CC(N)=C(C)NC1(C)C. The molecule has 0 bridgehead atoms. The van der Waals surface area contributed by atoms with Gasteiger partial charge in [0, 0.05) is 5.70 Å². The molecule has 0 aromatic heterocycles. The van der Waals surface area contributed by atoms with Crippen LogP contribution in [0.3, 0.4) is 0 Å². The van der Waals surface area contributed by atoms with E-state index in [4.69, 9.17) is 5.73 Å². The minimum Gasteiger partial charge on any atom is -0.397 e. The van der Waals surface area contributed by atoms with Gasteiger partial charge in [-0.3, -0.25) is 0 Å². The number of allylic oxidation sites excluding steroid dienone is 2. The van der Waals surface area contributed by atoms with E-state index in [-0.39, 0.29) is 5.54 Å². The standard InChI is InChI=1S/C9H16N2/c1-6-5-8(10)7(2)11-9(6,3)4/h5,11H,10H2,1-4H3. The first-order valence-corrected chi connectivity index (χ1v) is 3.87. The number of nitrogens with one attached hydrogen (secondary N) is 1. The molecule has 0 atom stereocenters. The molecule has 3 N–H and O–H groups in total. The molecule has 0 aromatic rings. The van der Waals surface area contributed by atoms with Crippen molar-refractivity contribution in [3.63, 3.8) is 0 Å². The summed E-state index contributed by atoms with van der Waals surface area (Å²) in [6.07, 6.45) is 2.03. The van der Waals surface area contributed by atoms with Crippen molar-refractivity contribution in [1.29, 1.82) is 0 Å². The van der Waals surface area contributed by atoms with E-state index in [1.807, 2.05) is 13.0 Å². The lowest BCUT2D eigenvalue weighted by Gasteiger charge is -2.33. The number of nitrogens with two attached hydrogens (primary N) is 1. The van der Waals surface area contributed by atoms with Crippen LogP contribution in [0.25, 0.3) is 0 Å². The fourth-order valence-electron chi connectivity index (χ4n) is 1.16. The van der Waals surface area contributed by atoms with Crippen molar-refractivity contribution in [2.45, 2.75) is 33.2 Å². The molecule has 2 nitrogen and oxygen atoms in total. The van der Waals surface area contributed by atoms with Crippen LogP contribution in [0, 0.1) is 0 Å². The van der Waals surface area contributed by atoms with Crippen LogP contribution in [0.2, 0.25) is 0 Å². The molecular formula is C9H16N2. The van der Waals surface area contributed by atoms with E-state index in [1.165, 1.54) is 5.57 Å². The van der Waals surface area contributed by atoms with Gasteiger partial charge >= 0.3 is 0 Å². The summed E-state index contributed by atoms with van der Waals surface area (Å²) >= 11 is 0. The maximum Gasteiger partial charge on any atom is 0.0527 e. The Labute approximate surface area is 68.2 Å². The Morgan fingerprint density at radius 2 is 1.91 bits per heavy atom. The minimum atomic E-state index is 0.0625. The number of hydrogen-bond acceptors (Lipinski definition) is 2. The lowest BCUT2D eigenvalue weighted by atomic mass is 9.91. The summed E-state index contributed by atoms with van der Waals surface area (Å²) in [6.45, 7) is 8.38. The summed E-state index contributed by atoms with van der Waals surface area (Å²) in [6, 6.07) is 0. The summed E-state index contributed by atoms with van der Waals surface area (Å²) in [4.78, 5) is 0. The molecule has 62 valence electrons. The van der Waals surface area contributed by atoms with Crippen LogP contribution in [0.1, 0.15) is 27.7 Å². The molecule has 0 saturated carbocycles. The fourth-order valence-corrected chi connectivity index (χ4v) is 1.16. The van der Waals surface area contributed by atoms with Crippen LogP contribution in [0.5, 0.6) is 0 Å². The largest absolute Gasteiger partial charge is 0.397 e. The Morgan fingerprint density at radius 1 is 1.36 bits per heavy atom. The second-order valence-corrected chi connectivity index (χ2v) is 3.66. The Bertz CT molecular complexity index is 234. The van der Waals surface area contributed by atoms with Gasteiger partial charge in [-0.2, -0.15) is 0 Å². The average molecular weight is 152 g/mol.